The maximum atomic E-state index is 10.6. The molecule has 0 aliphatic carbocycles. The Morgan fingerprint density at radius 3 is 2.64 bits per heavy atom. The van der Waals surface area contributed by atoms with Crippen LogP contribution in [0.25, 0.3) is 0 Å². The summed E-state index contributed by atoms with van der Waals surface area (Å²) in [6, 6.07) is 2.93. The monoisotopic (exact) mass is 197 g/mol. The van der Waals surface area contributed by atoms with Gasteiger partial charge in [-0.15, -0.1) is 0 Å². The van der Waals surface area contributed by atoms with Crippen LogP contribution in [0.1, 0.15) is 11.1 Å². The molecule has 0 bridgehead atoms. The number of nitrogens with zero attached hydrogens (tertiary/aromatic N) is 1. The summed E-state index contributed by atoms with van der Waals surface area (Å²) < 4.78 is 4.96. The highest BCUT2D eigenvalue weighted by atomic mass is 16.6. The molecule has 1 N–H and O–H groups in total. The Morgan fingerprint density at radius 2 is 2.21 bits per heavy atom. The maximum Gasteiger partial charge on any atom is 0.276 e. The first-order valence-electron chi connectivity index (χ1n) is 4.03. The van der Waals surface area contributed by atoms with Gasteiger partial charge >= 0.3 is 0 Å². The molecule has 0 aliphatic heterocycles. The van der Waals surface area contributed by atoms with Gasteiger partial charge in [0.15, 0.2) is 0 Å². The molecule has 5 nitrogen and oxygen atoms in total. The summed E-state index contributed by atoms with van der Waals surface area (Å²) in [5.74, 6) is 0.420. The first-order chi connectivity index (χ1) is 6.60. The second kappa shape index (κ2) is 4.06. The average Bonchev–Trinajstić information content (AvgIpc) is 2.17. The first kappa shape index (κ1) is 10.5. The minimum Gasteiger partial charge on any atom is -0.496 e. The Morgan fingerprint density at radius 1 is 1.57 bits per heavy atom. The number of nitro groups is 1. The van der Waals surface area contributed by atoms with Gasteiger partial charge in [0.25, 0.3) is 5.69 Å². The van der Waals surface area contributed by atoms with E-state index in [-0.39, 0.29) is 12.3 Å². The lowest BCUT2D eigenvalue weighted by Crippen LogP contribution is -1.97. The summed E-state index contributed by atoms with van der Waals surface area (Å²) in [7, 11) is 1.44. The molecule has 1 aromatic carbocycles. The van der Waals surface area contributed by atoms with Crippen LogP contribution in [0, 0.1) is 17.0 Å². The molecule has 14 heavy (non-hydrogen) atoms. The number of methoxy groups -OCH3 is 1. The van der Waals surface area contributed by atoms with Gasteiger partial charge in [-0.3, -0.25) is 10.1 Å². The van der Waals surface area contributed by atoms with Gasteiger partial charge in [-0.25, -0.2) is 0 Å². The third kappa shape index (κ3) is 1.82. The maximum absolute atomic E-state index is 10.6. The number of rotatable bonds is 3. The number of benzene rings is 1. The number of hydrogen-bond donors (Lipinski definition) is 1. The van der Waals surface area contributed by atoms with Crippen molar-refractivity contribution >= 4 is 5.69 Å². The molecule has 0 saturated carbocycles. The summed E-state index contributed by atoms with van der Waals surface area (Å²) in [6.07, 6.45) is 0. The molecular formula is C9H11NO4. The lowest BCUT2D eigenvalue weighted by molar-refractivity contribution is -0.385. The van der Waals surface area contributed by atoms with Crippen LogP contribution in [0.4, 0.5) is 5.69 Å². The molecule has 0 fully saturated rings. The summed E-state index contributed by atoms with van der Waals surface area (Å²) in [5, 5.41) is 19.5. The van der Waals surface area contributed by atoms with Gasteiger partial charge in [-0.1, -0.05) is 0 Å². The SMILES string of the molecule is COc1cc(CO)cc([N+](=O)[O-])c1C. The van der Waals surface area contributed by atoms with Crippen LogP contribution in [0.2, 0.25) is 0 Å². The largest absolute Gasteiger partial charge is 0.496 e. The minimum absolute atomic E-state index is 0.0339. The number of ether oxygens (including phenoxy) is 1. The Bertz CT molecular complexity index is 362. The lowest BCUT2D eigenvalue weighted by Gasteiger charge is -2.06. The van der Waals surface area contributed by atoms with Crippen LogP contribution in [0.5, 0.6) is 5.75 Å². The predicted octanol–water partition coefficient (Wildman–Crippen LogP) is 1.40. The van der Waals surface area contributed by atoms with E-state index in [0.717, 1.165) is 0 Å². The smallest absolute Gasteiger partial charge is 0.276 e. The molecule has 0 saturated heterocycles. The second-order valence-corrected chi connectivity index (χ2v) is 2.86. The van der Waals surface area contributed by atoms with Crippen LogP contribution >= 0.6 is 0 Å². The third-order valence-corrected chi connectivity index (χ3v) is 1.99. The fraction of sp³-hybridized carbons (Fsp3) is 0.333. The fourth-order valence-electron chi connectivity index (χ4n) is 1.22. The molecule has 0 aromatic heterocycles. The van der Waals surface area contributed by atoms with E-state index in [2.05, 4.69) is 0 Å². The molecule has 1 rings (SSSR count). The van der Waals surface area contributed by atoms with Crippen LogP contribution in [0.3, 0.4) is 0 Å². The molecule has 0 heterocycles. The average molecular weight is 197 g/mol. The quantitative estimate of drug-likeness (QED) is 0.587. The van der Waals surface area contributed by atoms with Crippen molar-refractivity contribution in [1.82, 2.24) is 0 Å². The molecule has 1 aromatic rings. The van der Waals surface area contributed by atoms with Gasteiger partial charge in [0.2, 0.25) is 0 Å². The van der Waals surface area contributed by atoms with Gasteiger partial charge < -0.3 is 9.84 Å². The molecule has 76 valence electrons. The van der Waals surface area contributed by atoms with E-state index >= 15 is 0 Å². The Balaban J connectivity index is 3.34. The van der Waals surface area contributed by atoms with E-state index in [0.29, 0.717) is 16.9 Å². The highest BCUT2D eigenvalue weighted by Crippen LogP contribution is 2.29. The van der Waals surface area contributed by atoms with Gasteiger partial charge in [0.05, 0.1) is 24.2 Å². The van der Waals surface area contributed by atoms with Gasteiger partial charge in [-0.05, 0) is 18.6 Å². The van der Waals surface area contributed by atoms with Crippen LogP contribution in [0.15, 0.2) is 12.1 Å². The zero-order chi connectivity index (χ0) is 10.7. The minimum atomic E-state index is -0.489. The number of aliphatic hydroxyl groups is 1. The van der Waals surface area contributed by atoms with Crippen molar-refractivity contribution < 1.29 is 14.8 Å². The fourth-order valence-corrected chi connectivity index (χ4v) is 1.22. The summed E-state index contributed by atoms with van der Waals surface area (Å²) in [5.41, 5.74) is 0.905. The van der Waals surface area contributed by atoms with E-state index < -0.39 is 4.92 Å². The molecule has 0 atom stereocenters. The Kier molecular flexibility index (Phi) is 3.03. The normalized spacial score (nSPS) is 9.93. The predicted molar refractivity (Wildman–Crippen MR) is 50.3 cm³/mol. The van der Waals surface area contributed by atoms with Crippen LogP contribution < -0.4 is 4.74 Å². The van der Waals surface area contributed by atoms with E-state index in [1.807, 2.05) is 0 Å². The third-order valence-electron chi connectivity index (χ3n) is 1.99. The Labute approximate surface area is 81.1 Å². The second-order valence-electron chi connectivity index (χ2n) is 2.86. The number of aliphatic hydroxyl groups excluding tert-OH is 1. The van der Waals surface area contributed by atoms with Gasteiger partial charge in [-0.2, -0.15) is 0 Å². The standard InChI is InChI=1S/C9H11NO4/c1-6-8(10(12)13)3-7(5-11)4-9(6)14-2/h3-4,11H,5H2,1-2H3. The molecule has 0 radical (unpaired) electrons. The molecule has 5 heteroatoms. The highest BCUT2D eigenvalue weighted by Gasteiger charge is 2.16. The van der Waals surface area contributed by atoms with E-state index in [9.17, 15) is 10.1 Å². The van der Waals surface area contributed by atoms with Gasteiger partial charge in [0, 0.05) is 6.07 Å². The van der Waals surface area contributed by atoms with Crippen LogP contribution in [-0.2, 0) is 6.61 Å². The van der Waals surface area contributed by atoms with Crippen LogP contribution in [-0.4, -0.2) is 17.1 Å². The van der Waals surface area contributed by atoms with Crippen molar-refractivity contribution in [2.45, 2.75) is 13.5 Å². The summed E-state index contributed by atoms with van der Waals surface area (Å²) in [4.78, 5) is 10.1. The van der Waals surface area contributed by atoms with Crippen molar-refractivity contribution in [3.05, 3.63) is 33.4 Å². The van der Waals surface area contributed by atoms with Gasteiger partial charge in [0.1, 0.15) is 5.75 Å². The topological polar surface area (TPSA) is 72.6 Å². The zero-order valence-electron chi connectivity index (χ0n) is 7.98. The van der Waals surface area contributed by atoms with E-state index in [1.54, 1.807) is 13.0 Å². The summed E-state index contributed by atoms with van der Waals surface area (Å²) in [6.45, 7) is 1.37. The first-order valence-corrected chi connectivity index (χ1v) is 4.03. The molecular weight excluding hydrogens is 186 g/mol. The molecule has 0 amide bonds. The summed E-state index contributed by atoms with van der Waals surface area (Å²) >= 11 is 0. The Hall–Kier alpha value is -1.62. The number of hydrogen-bond acceptors (Lipinski definition) is 4. The number of nitro benzene ring substituents is 1. The molecule has 0 aliphatic rings. The van der Waals surface area contributed by atoms with E-state index in [4.69, 9.17) is 9.84 Å². The van der Waals surface area contributed by atoms with Crippen molar-refractivity contribution in [2.24, 2.45) is 0 Å². The highest BCUT2D eigenvalue weighted by molar-refractivity contribution is 5.51. The van der Waals surface area contributed by atoms with Crippen molar-refractivity contribution in [1.29, 1.82) is 0 Å². The van der Waals surface area contributed by atoms with E-state index in [1.165, 1.54) is 13.2 Å². The van der Waals surface area contributed by atoms with Crippen molar-refractivity contribution in [2.75, 3.05) is 7.11 Å². The zero-order valence-corrected chi connectivity index (χ0v) is 7.98. The lowest BCUT2D eigenvalue weighted by atomic mass is 10.1. The molecule has 0 unspecified atom stereocenters. The molecule has 0 spiro atoms. The van der Waals surface area contributed by atoms with Crippen molar-refractivity contribution in [3.63, 3.8) is 0 Å². The van der Waals surface area contributed by atoms with Crippen molar-refractivity contribution in [3.8, 4) is 5.75 Å².